The van der Waals surface area contributed by atoms with Crippen LogP contribution in [0, 0.1) is 16.7 Å². The van der Waals surface area contributed by atoms with E-state index in [-0.39, 0.29) is 11.0 Å². The van der Waals surface area contributed by atoms with E-state index >= 15 is 0 Å². The molecule has 0 aliphatic heterocycles. The topological polar surface area (TPSA) is 46.9 Å². The van der Waals surface area contributed by atoms with E-state index in [0.717, 1.165) is 18.8 Å². The van der Waals surface area contributed by atoms with E-state index in [4.69, 9.17) is 0 Å². The number of anilines is 1. The molecule has 3 fully saturated rings. The Bertz CT molecular complexity index is 626. The first kappa shape index (κ1) is 13.4. The zero-order chi connectivity index (χ0) is 14.8. The molecular weight excluding hydrogens is 262 g/mol. The van der Waals surface area contributed by atoms with E-state index in [1.165, 1.54) is 19.3 Å². The predicted octanol–water partition coefficient (Wildman–Crippen LogP) is 3.20. The molecule has 1 aromatic heterocycles. The number of nitrogens with one attached hydrogen (secondary N) is 1. The van der Waals surface area contributed by atoms with E-state index in [1.807, 2.05) is 10.8 Å². The summed E-state index contributed by atoms with van der Waals surface area (Å²) >= 11 is 0. The minimum Gasteiger partial charge on any atom is -0.362 e. The van der Waals surface area contributed by atoms with Crippen molar-refractivity contribution in [2.24, 2.45) is 16.7 Å². The Hall–Kier alpha value is -1.32. The molecule has 0 spiro atoms. The maximum Gasteiger partial charge on any atom is 0.293 e. The number of nitrogens with zero attached hydrogens (tertiary/aromatic N) is 2. The van der Waals surface area contributed by atoms with Crippen molar-refractivity contribution in [2.45, 2.75) is 65.0 Å². The molecule has 114 valence electrons. The zero-order valence-electron chi connectivity index (χ0n) is 13.2. The summed E-state index contributed by atoms with van der Waals surface area (Å²) < 4.78 is 1.86. The van der Waals surface area contributed by atoms with Crippen LogP contribution >= 0.6 is 0 Å². The van der Waals surface area contributed by atoms with Crippen molar-refractivity contribution in [3.8, 4) is 0 Å². The van der Waals surface area contributed by atoms with Crippen LogP contribution in [0.3, 0.4) is 0 Å². The van der Waals surface area contributed by atoms with Crippen LogP contribution in [0.15, 0.2) is 17.2 Å². The van der Waals surface area contributed by atoms with Gasteiger partial charge < -0.3 is 9.88 Å². The maximum absolute atomic E-state index is 12.6. The minimum atomic E-state index is 0.0576. The van der Waals surface area contributed by atoms with Gasteiger partial charge in [0, 0.05) is 24.5 Å². The highest BCUT2D eigenvalue weighted by Crippen LogP contribution is 2.62. The number of hydrogen-bond acceptors (Lipinski definition) is 3. The molecule has 1 aromatic rings. The van der Waals surface area contributed by atoms with E-state index in [2.05, 4.69) is 31.1 Å². The van der Waals surface area contributed by atoms with E-state index in [9.17, 15) is 4.79 Å². The van der Waals surface area contributed by atoms with Crippen molar-refractivity contribution in [2.75, 3.05) is 5.32 Å². The molecule has 0 amide bonds. The number of rotatable bonds is 3. The maximum atomic E-state index is 12.6. The summed E-state index contributed by atoms with van der Waals surface area (Å²) in [7, 11) is 0. The fraction of sp³-hybridized carbons (Fsp3) is 0.765. The molecule has 1 N–H and O–H groups in total. The number of aromatic nitrogens is 2. The summed E-state index contributed by atoms with van der Waals surface area (Å²) in [6.45, 7) is 7.08. The van der Waals surface area contributed by atoms with Gasteiger partial charge in [0.1, 0.15) is 0 Å². The van der Waals surface area contributed by atoms with Crippen molar-refractivity contribution in [3.63, 3.8) is 0 Å². The Morgan fingerprint density at radius 2 is 2.05 bits per heavy atom. The second kappa shape index (κ2) is 4.11. The molecule has 0 radical (unpaired) electrons. The summed E-state index contributed by atoms with van der Waals surface area (Å²) in [5.41, 5.74) is 0.603. The smallest absolute Gasteiger partial charge is 0.293 e. The molecule has 21 heavy (non-hydrogen) atoms. The molecule has 4 nitrogen and oxygen atoms in total. The van der Waals surface area contributed by atoms with Gasteiger partial charge in [0.05, 0.1) is 0 Å². The van der Waals surface area contributed by atoms with Crippen LogP contribution in [0.25, 0.3) is 0 Å². The third-order valence-electron chi connectivity index (χ3n) is 6.36. The van der Waals surface area contributed by atoms with Crippen LogP contribution < -0.4 is 10.9 Å². The fourth-order valence-electron chi connectivity index (χ4n) is 4.96. The van der Waals surface area contributed by atoms with Crippen molar-refractivity contribution >= 4 is 5.82 Å². The summed E-state index contributed by atoms with van der Waals surface area (Å²) in [6, 6.07) is 0.753. The van der Waals surface area contributed by atoms with Gasteiger partial charge in [-0.2, -0.15) is 0 Å². The zero-order valence-corrected chi connectivity index (χ0v) is 13.2. The summed E-state index contributed by atoms with van der Waals surface area (Å²) in [4.78, 5) is 16.9. The highest BCUT2D eigenvalue weighted by atomic mass is 16.1. The molecule has 3 aliphatic rings. The minimum absolute atomic E-state index is 0.0576. The standard InChI is InChI=1S/C17H25N3O/c1-16(2)11-6-7-17(3,10-11)15(16)19-13-14(21)20(9-8-18-13)12-4-5-12/h8-9,11-12,15H,4-7,10H2,1-3H3,(H,18,19). The first-order valence-electron chi connectivity index (χ1n) is 8.25. The molecule has 3 atom stereocenters. The van der Waals surface area contributed by atoms with Gasteiger partial charge in [-0.3, -0.25) is 4.79 Å². The summed E-state index contributed by atoms with van der Waals surface area (Å²) in [5, 5.41) is 3.55. The Morgan fingerprint density at radius 1 is 1.29 bits per heavy atom. The van der Waals surface area contributed by atoms with Crippen molar-refractivity contribution < 1.29 is 0 Å². The van der Waals surface area contributed by atoms with Gasteiger partial charge in [0.15, 0.2) is 5.82 Å². The molecular formula is C17H25N3O. The van der Waals surface area contributed by atoms with Crippen LogP contribution in [0.4, 0.5) is 5.82 Å². The lowest BCUT2D eigenvalue weighted by atomic mass is 9.68. The van der Waals surface area contributed by atoms with Crippen molar-refractivity contribution in [3.05, 3.63) is 22.7 Å². The summed E-state index contributed by atoms with van der Waals surface area (Å²) in [5.74, 6) is 1.32. The van der Waals surface area contributed by atoms with Gasteiger partial charge >= 0.3 is 0 Å². The van der Waals surface area contributed by atoms with Crippen LogP contribution in [-0.4, -0.2) is 15.6 Å². The first-order valence-corrected chi connectivity index (χ1v) is 8.25. The second-order valence-electron chi connectivity index (χ2n) is 8.21. The van der Waals surface area contributed by atoms with Gasteiger partial charge in [-0.05, 0) is 48.9 Å². The lowest BCUT2D eigenvalue weighted by molar-refractivity contribution is 0.155. The Labute approximate surface area is 126 Å². The lowest BCUT2D eigenvalue weighted by Crippen LogP contribution is -2.47. The molecule has 1 heterocycles. The number of hydrogen-bond donors (Lipinski definition) is 1. The molecule has 2 bridgehead atoms. The third kappa shape index (κ3) is 1.87. The molecule has 4 heteroatoms. The molecule has 0 saturated heterocycles. The monoisotopic (exact) mass is 287 g/mol. The van der Waals surface area contributed by atoms with Gasteiger partial charge in [-0.15, -0.1) is 0 Å². The Kier molecular flexibility index (Phi) is 2.61. The van der Waals surface area contributed by atoms with E-state index in [0.29, 0.717) is 23.3 Å². The molecule has 4 rings (SSSR count). The van der Waals surface area contributed by atoms with Gasteiger partial charge in [0.25, 0.3) is 5.56 Å². The fourth-order valence-corrected chi connectivity index (χ4v) is 4.96. The van der Waals surface area contributed by atoms with Crippen LogP contribution in [-0.2, 0) is 0 Å². The quantitative estimate of drug-likeness (QED) is 0.928. The normalized spacial score (nSPS) is 36.9. The van der Waals surface area contributed by atoms with Crippen molar-refractivity contribution in [1.29, 1.82) is 0 Å². The Balaban J connectivity index is 1.67. The average Bonchev–Trinajstić information content (AvgIpc) is 3.15. The number of fused-ring (bicyclic) bond motifs is 2. The third-order valence-corrected chi connectivity index (χ3v) is 6.36. The summed E-state index contributed by atoms with van der Waals surface area (Å²) in [6.07, 6.45) is 9.72. The van der Waals surface area contributed by atoms with Gasteiger partial charge in [-0.25, -0.2) is 4.98 Å². The second-order valence-corrected chi connectivity index (χ2v) is 8.21. The Morgan fingerprint density at radius 3 is 2.67 bits per heavy atom. The SMILES string of the molecule is CC12CCC(C1)C(C)(C)C2Nc1nccn(C2CC2)c1=O. The van der Waals surface area contributed by atoms with Crippen LogP contribution in [0.5, 0.6) is 0 Å². The average molecular weight is 287 g/mol. The molecule has 0 aromatic carbocycles. The molecule has 3 saturated carbocycles. The highest BCUT2D eigenvalue weighted by molar-refractivity contribution is 5.36. The molecule has 3 unspecified atom stereocenters. The van der Waals surface area contributed by atoms with Gasteiger partial charge in [-0.1, -0.05) is 20.8 Å². The van der Waals surface area contributed by atoms with Crippen LogP contribution in [0.2, 0.25) is 0 Å². The first-order chi connectivity index (χ1) is 9.92. The van der Waals surface area contributed by atoms with Crippen molar-refractivity contribution in [1.82, 2.24) is 9.55 Å². The highest BCUT2D eigenvalue weighted by Gasteiger charge is 2.59. The lowest BCUT2D eigenvalue weighted by Gasteiger charge is -2.43. The largest absolute Gasteiger partial charge is 0.362 e. The van der Waals surface area contributed by atoms with E-state index in [1.54, 1.807) is 6.20 Å². The van der Waals surface area contributed by atoms with Crippen LogP contribution in [0.1, 0.15) is 58.9 Å². The molecule has 3 aliphatic carbocycles. The predicted molar refractivity (Wildman–Crippen MR) is 83.4 cm³/mol. The van der Waals surface area contributed by atoms with Gasteiger partial charge in [0.2, 0.25) is 0 Å². The van der Waals surface area contributed by atoms with E-state index < -0.39 is 0 Å².